The van der Waals surface area contributed by atoms with Crippen LogP contribution in [0.3, 0.4) is 0 Å². The van der Waals surface area contributed by atoms with Crippen LogP contribution in [0, 0.1) is 0 Å². The molecule has 0 atom stereocenters. The van der Waals surface area contributed by atoms with Gasteiger partial charge in [0.25, 0.3) is 0 Å². The minimum Gasteiger partial charge on any atom is -0.230 e. The number of hydrogen-bond donors (Lipinski definition) is 0. The quantitative estimate of drug-likeness (QED) is 0.314. The highest BCUT2D eigenvalue weighted by molar-refractivity contribution is 4.63. The van der Waals surface area contributed by atoms with Gasteiger partial charge in [0.05, 0.1) is 5.60 Å². The van der Waals surface area contributed by atoms with Crippen LogP contribution in [0.4, 0.5) is 0 Å². The first-order valence-corrected chi connectivity index (χ1v) is 8.76. The van der Waals surface area contributed by atoms with E-state index >= 15 is 0 Å². The van der Waals surface area contributed by atoms with Crippen molar-refractivity contribution in [3.8, 4) is 0 Å². The van der Waals surface area contributed by atoms with Crippen LogP contribution in [-0.2, 0) is 5.11 Å². The van der Waals surface area contributed by atoms with Gasteiger partial charge in [0.2, 0.25) is 0 Å². The molecule has 0 fully saturated rings. The lowest BCUT2D eigenvalue weighted by atomic mass is 9.99. The fourth-order valence-corrected chi connectivity index (χ4v) is 2.57. The van der Waals surface area contributed by atoms with E-state index in [4.69, 9.17) is 0 Å². The molecule has 0 rings (SSSR count). The van der Waals surface area contributed by atoms with Gasteiger partial charge in [-0.25, -0.2) is 5.11 Å². The zero-order chi connectivity index (χ0) is 14.4. The first-order chi connectivity index (χ1) is 9.06. The second-order valence-electron chi connectivity index (χ2n) is 6.75. The first kappa shape index (κ1) is 19.0. The Morgan fingerprint density at radius 2 is 0.895 bits per heavy atom. The lowest BCUT2D eigenvalue weighted by Gasteiger charge is -2.13. The van der Waals surface area contributed by atoms with E-state index < -0.39 is 5.60 Å². The molecule has 0 saturated carbocycles. The third-order valence-electron chi connectivity index (χ3n) is 3.88. The van der Waals surface area contributed by atoms with E-state index in [0.717, 1.165) is 12.8 Å². The van der Waals surface area contributed by atoms with Gasteiger partial charge in [0.15, 0.2) is 0 Å². The Hall–Kier alpha value is -0.0400. The van der Waals surface area contributed by atoms with Crippen LogP contribution in [0.25, 0.3) is 0 Å². The van der Waals surface area contributed by atoms with Crippen molar-refractivity contribution in [1.29, 1.82) is 0 Å². The van der Waals surface area contributed by atoms with E-state index in [1.54, 1.807) is 13.8 Å². The molecule has 0 bridgehead atoms. The maximum Gasteiger partial charge on any atom is 0.0980 e. The third kappa shape index (κ3) is 18.0. The number of unbranched alkanes of at least 4 members (excludes halogenated alkanes) is 12. The Morgan fingerprint density at radius 3 is 1.21 bits per heavy atom. The predicted octanol–water partition coefficient (Wildman–Crippen LogP) is 6.68. The zero-order valence-electron chi connectivity index (χ0n) is 13.8. The van der Waals surface area contributed by atoms with Crippen LogP contribution in [0.1, 0.15) is 111 Å². The average Bonchev–Trinajstić information content (AvgIpc) is 2.34. The minimum absolute atomic E-state index is 0.711. The van der Waals surface area contributed by atoms with Gasteiger partial charge in [0.1, 0.15) is 0 Å². The van der Waals surface area contributed by atoms with Gasteiger partial charge in [-0.05, 0) is 20.3 Å². The molecule has 19 heavy (non-hydrogen) atoms. The minimum atomic E-state index is -0.711. The fourth-order valence-electron chi connectivity index (χ4n) is 2.57. The molecule has 0 aromatic rings. The standard InChI is InChI=1S/C18H37O/c1-4-5-6-7-8-9-10-11-12-13-14-15-16-17-18(2,3)19/h4-17H2,1-3H3. The maximum absolute atomic E-state index is 11.4. The molecule has 115 valence electrons. The van der Waals surface area contributed by atoms with Crippen LogP contribution in [0.2, 0.25) is 0 Å². The molecule has 0 aromatic heterocycles. The lowest BCUT2D eigenvalue weighted by Crippen LogP contribution is -2.15. The van der Waals surface area contributed by atoms with Gasteiger partial charge in [-0.2, -0.15) is 0 Å². The summed E-state index contributed by atoms with van der Waals surface area (Å²) in [5.41, 5.74) is -0.711. The van der Waals surface area contributed by atoms with Gasteiger partial charge in [-0.1, -0.05) is 90.4 Å². The van der Waals surface area contributed by atoms with Crippen molar-refractivity contribution in [3.05, 3.63) is 0 Å². The van der Waals surface area contributed by atoms with Crippen molar-refractivity contribution in [2.45, 2.75) is 116 Å². The van der Waals surface area contributed by atoms with Crippen LogP contribution in [0.5, 0.6) is 0 Å². The van der Waals surface area contributed by atoms with E-state index in [2.05, 4.69) is 6.92 Å². The topological polar surface area (TPSA) is 19.9 Å². The largest absolute Gasteiger partial charge is 0.230 e. The van der Waals surface area contributed by atoms with Crippen molar-refractivity contribution in [2.24, 2.45) is 0 Å². The molecule has 0 unspecified atom stereocenters. The molecule has 0 heterocycles. The summed E-state index contributed by atoms with van der Waals surface area (Å²) < 4.78 is 0. The molecule has 0 N–H and O–H groups in total. The lowest BCUT2D eigenvalue weighted by molar-refractivity contribution is -0.00511. The molecule has 0 aromatic carbocycles. The summed E-state index contributed by atoms with van der Waals surface area (Å²) >= 11 is 0. The second-order valence-corrected chi connectivity index (χ2v) is 6.75. The van der Waals surface area contributed by atoms with Gasteiger partial charge >= 0.3 is 0 Å². The zero-order valence-corrected chi connectivity index (χ0v) is 13.8. The highest BCUT2D eigenvalue weighted by Gasteiger charge is 2.13. The van der Waals surface area contributed by atoms with Crippen LogP contribution in [0.15, 0.2) is 0 Å². The van der Waals surface area contributed by atoms with Crippen molar-refractivity contribution < 1.29 is 5.11 Å². The van der Waals surface area contributed by atoms with Crippen LogP contribution >= 0.6 is 0 Å². The summed E-state index contributed by atoms with van der Waals surface area (Å²) in [5, 5.41) is 11.4. The highest BCUT2D eigenvalue weighted by Crippen LogP contribution is 2.16. The van der Waals surface area contributed by atoms with Crippen LogP contribution < -0.4 is 0 Å². The van der Waals surface area contributed by atoms with Crippen molar-refractivity contribution in [2.75, 3.05) is 0 Å². The van der Waals surface area contributed by atoms with E-state index in [1.807, 2.05) is 0 Å². The molecule has 0 aliphatic carbocycles. The Kier molecular flexibility index (Phi) is 12.9. The van der Waals surface area contributed by atoms with E-state index in [9.17, 15) is 5.11 Å². The number of rotatable bonds is 14. The van der Waals surface area contributed by atoms with Gasteiger partial charge in [-0.15, -0.1) is 0 Å². The summed E-state index contributed by atoms with van der Waals surface area (Å²) in [7, 11) is 0. The van der Waals surface area contributed by atoms with Crippen molar-refractivity contribution >= 4 is 0 Å². The average molecular weight is 269 g/mol. The summed E-state index contributed by atoms with van der Waals surface area (Å²) in [4.78, 5) is 0. The van der Waals surface area contributed by atoms with Crippen molar-refractivity contribution in [1.82, 2.24) is 0 Å². The van der Waals surface area contributed by atoms with Crippen LogP contribution in [-0.4, -0.2) is 5.60 Å². The molecule has 0 spiro atoms. The molecule has 1 radical (unpaired) electrons. The maximum atomic E-state index is 11.4. The van der Waals surface area contributed by atoms with E-state index in [1.165, 1.54) is 77.0 Å². The third-order valence-corrected chi connectivity index (χ3v) is 3.88. The van der Waals surface area contributed by atoms with Gasteiger partial charge < -0.3 is 0 Å². The summed E-state index contributed by atoms with van der Waals surface area (Å²) in [6.07, 6.45) is 18.7. The molecule has 0 aliphatic heterocycles. The molecule has 1 heteroatoms. The van der Waals surface area contributed by atoms with Gasteiger partial charge in [0, 0.05) is 0 Å². The fraction of sp³-hybridized carbons (Fsp3) is 1.00. The Bertz CT molecular complexity index is 169. The monoisotopic (exact) mass is 269 g/mol. The molecular weight excluding hydrogens is 232 g/mol. The molecule has 0 amide bonds. The normalized spacial score (nSPS) is 12.0. The number of hydrogen-bond acceptors (Lipinski definition) is 0. The molecule has 0 aliphatic rings. The Morgan fingerprint density at radius 1 is 0.579 bits per heavy atom. The summed E-state index contributed by atoms with van der Waals surface area (Å²) in [6.45, 7) is 5.87. The summed E-state index contributed by atoms with van der Waals surface area (Å²) in [5.74, 6) is 0. The molecular formula is C18H37O. The predicted molar refractivity (Wildman–Crippen MR) is 85.1 cm³/mol. The molecule has 1 nitrogen and oxygen atoms in total. The smallest absolute Gasteiger partial charge is 0.0980 e. The van der Waals surface area contributed by atoms with E-state index in [0.29, 0.717) is 0 Å². The van der Waals surface area contributed by atoms with Crippen molar-refractivity contribution in [3.63, 3.8) is 0 Å². The Labute approximate surface area is 122 Å². The first-order valence-electron chi connectivity index (χ1n) is 8.76. The highest BCUT2D eigenvalue weighted by atomic mass is 16.3. The SMILES string of the molecule is CCCCCCCCCCCCCCCC(C)(C)[O]. The second kappa shape index (κ2) is 13.0. The van der Waals surface area contributed by atoms with Gasteiger partial charge in [-0.3, -0.25) is 0 Å². The summed E-state index contributed by atoms with van der Waals surface area (Å²) in [6, 6.07) is 0. The Balaban J connectivity index is 2.99. The molecule has 0 saturated heterocycles. The van der Waals surface area contributed by atoms with E-state index in [-0.39, 0.29) is 0 Å².